The predicted octanol–water partition coefficient (Wildman–Crippen LogP) is 1.15. The molecule has 1 heterocycles. The second-order valence-electron chi connectivity index (χ2n) is 6.14. The van der Waals surface area contributed by atoms with Crippen molar-refractivity contribution in [2.75, 3.05) is 13.2 Å². The van der Waals surface area contributed by atoms with Crippen LogP contribution in [-0.2, 0) is 12.8 Å². The van der Waals surface area contributed by atoms with Crippen molar-refractivity contribution in [3.05, 3.63) is 92.3 Å². The number of aromatic carboxylic acids is 1. The quantitative estimate of drug-likeness (QED) is 0.421. The fourth-order valence-electron chi connectivity index (χ4n) is 2.70. The van der Waals surface area contributed by atoms with Crippen molar-refractivity contribution in [3.63, 3.8) is 0 Å². The van der Waals surface area contributed by atoms with Gasteiger partial charge < -0.3 is 20.9 Å². The number of nitrogens with one attached hydrogen (secondary N) is 2. The fraction of sp³-hybridized carbons (Fsp3) is 0.190. The Morgan fingerprint density at radius 1 is 0.897 bits per heavy atom. The summed E-state index contributed by atoms with van der Waals surface area (Å²) in [5, 5.41) is 16.9. The van der Waals surface area contributed by atoms with Gasteiger partial charge in [-0.2, -0.15) is 0 Å². The largest absolute Gasteiger partial charge is 0.477 e. The van der Waals surface area contributed by atoms with E-state index in [1.54, 1.807) is 0 Å². The Bertz CT molecular complexity index is 1040. The molecule has 0 bridgehead atoms. The molecule has 0 amide bonds. The lowest BCUT2D eigenvalue weighted by Gasteiger charge is -2.06. The molecule has 0 radical (unpaired) electrons. The second kappa shape index (κ2) is 10.7. The molecule has 0 saturated heterocycles. The SMILES string of the molecule is NCCO.O=C(O)c1[nH]c(=O)[nH]c(=O)c1CCc1ccc(-c2ccccc2)cc1. The number of carboxylic acids is 1. The minimum absolute atomic E-state index is 0.0687. The molecule has 1 aromatic heterocycles. The number of aromatic nitrogens is 2. The molecule has 0 fully saturated rings. The number of aromatic amines is 2. The van der Waals surface area contributed by atoms with E-state index in [4.69, 9.17) is 15.9 Å². The van der Waals surface area contributed by atoms with Crippen LogP contribution in [0.2, 0.25) is 0 Å². The Hall–Kier alpha value is -3.49. The average Bonchev–Trinajstić information content (AvgIpc) is 2.73. The van der Waals surface area contributed by atoms with Crippen molar-refractivity contribution in [2.45, 2.75) is 12.8 Å². The van der Waals surface area contributed by atoms with E-state index in [9.17, 15) is 14.4 Å². The Morgan fingerprint density at radius 3 is 2.03 bits per heavy atom. The highest BCUT2D eigenvalue weighted by Crippen LogP contribution is 2.19. The number of H-pyrrole nitrogens is 2. The maximum Gasteiger partial charge on any atom is 0.352 e. The van der Waals surface area contributed by atoms with E-state index >= 15 is 0 Å². The number of aliphatic hydroxyl groups excluding tert-OH is 1. The third-order valence-electron chi connectivity index (χ3n) is 4.11. The summed E-state index contributed by atoms with van der Waals surface area (Å²) < 4.78 is 0. The third kappa shape index (κ3) is 6.27. The second-order valence-corrected chi connectivity index (χ2v) is 6.14. The first-order chi connectivity index (χ1) is 14.0. The van der Waals surface area contributed by atoms with Gasteiger partial charge in [0, 0.05) is 12.1 Å². The Labute approximate surface area is 166 Å². The third-order valence-corrected chi connectivity index (χ3v) is 4.11. The lowest BCUT2D eigenvalue weighted by Crippen LogP contribution is -2.30. The van der Waals surface area contributed by atoms with Crippen LogP contribution in [0.3, 0.4) is 0 Å². The molecule has 3 rings (SSSR count). The highest BCUT2D eigenvalue weighted by atomic mass is 16.4. The zero-order valence-corrected chi connectivity index (χ0v) is 15.7. The molecule has 0 unspecified atom stereocenters. The van der Waals surface area contributed by atoms with Gasteiger partial charge in [-0.15, -0.1) is 0 Å². The number of hydrogen-bond donors (Lipinski definition) is 5. The van der Waals surface area contributed by atoms with Gasteiger partial charge in [0.25, 0.3) is 5.56 Å². The minimum Gasteiger partial charge on any atom is -0.477 e. The fourth-order valence-corrected chi connectivity index (χ4v) is 2.70. The van der Waals surface area contributed by atoms with Crippen LogP contribution in [0.1, 0.15) is 21.6 Å². The summed E-state index contributed by atoms with van der Waals surface area (Å²) in [6, 6.07) is 17.8. The van der Waals surface area contributed by atoms with Gasteiger partial charge in [-0.1, -0.05) is 54.6 Å². The highest BCUT2D eigenvalue weighted by Gasteiger charge is 2.15. The van der Waals surface area contributed by atoms with Crippen LogP contribution < -0.4 is 17.0 Å². The number of benzene rings is 2. The van der Waals surface area contributed by atoms with Crippen LogP contribution in [-0.4, -0.2) is 39.3 Å². The van der Waals surface area contributed by atoms with Crippen molar-refractivity contribution in [1.82, 2.24) is 9.97 Å². The van der Waals surface area contributed by atoms with Gasteiger partial charge in [0.1, 0.15) is 5.69 Å². The van der Waals surface area contributed by atoms with Gasteiger partial charge in [0.05, 0.1) is 6.61 Å². The van der Waals surface area contributed by atoms with Crippen LogP contribution in [0.5, 0.6) is 0 Å². The lowest BCUT2D eigenvalue weighted by atomic mass is 10.0. The van der Waals surface area contributed by atoms with Crippen molar-refractivity contribution < 1.29 is 15.0 Å². The highest BCUT2D eigenvalue weighted by molar-refractivity contribution is 5.86. The summed E-state index contributed by atoms with van der Waals surface area (Å²) in [7, 11) is 0. The molecule has 6 N–H and O–H groups in total. The van der Waals surface area contributed by atoms with Crippen molar-refractivity contribution in [2.24, 2.45) is 5.73 Å². The average molecular weight is 397 g/mol. The molecule has 8 heteroatoms. The zero-order chi connectivity index (χ0) is 21.2. The van der Waals surface area contributed by atoms with E-state index in [-0.39, 0.29) is 24.3 Å². The van der Waals surface area contributed by atoms with Gasteiger partial charge in [-0.3, -0.25) is 9.78 Å². The van der Waals surface area contributed by atoms with Crippen LogP contribution >= 0.6 is 0 Å². The summed E-state index contributed by atoms with van der Waals surface area (Å²) in [5.41, 5.74) is 6.17. The van der Waals surface area contributed by atoms with Crippen molar-refractivity contribution in [3.8, 4) is 11.1 Å². The van der Waals surface area contributed by atoms with Crippen LogP contribution in [0.25, 0.3) is 11.1 Å². The number of aryl methyl sites for hydroxylation is 1. The van der Waals surface area contributed by atoms with Gasteiger partial charge in [0.2, 0.25) is 0 Å². The summed E-state index contributed by atoms with van der Waals surface area (Å²) in [6.07, 6.45) is 0.711. The van der Waals surface area contributed by atoms with Crippen LogP contribution in [0.4, 0.5) is 0 Å². The Morgan fingerprint density at radius 2 is 1.48 bits per heavy atom. The molecule has 2 aromatic carbocycles. The van der Waals surface area contributed by atoms with Crippen molar-refractivity contribution >= 4 is 5.97 Å². The molecule has 152 valence electrons. The van der Waals surface area contributed by atoms with Gasteiger partial charge >= 0.3 is 11.7 Å². The molecule has 8 nitrogen and oxygen atoms in total. The van der Waals surface area contributed by atoms with E-state index in [2.05, 4.69) is 9.97 Å². The monoisotopic (exact) mass is 397 g/mol. The molecule has 0 aliphatic carbocycles. The summed E-state index contributed by atoms with van der Waals surface area (Å²) >= 11 is 0. The van der Waals surface area contributed by atoms with Crippen molar-refractivity contribution in [1.29, 1.82) is 0 Å². The van der Waals surface area contributed by atoms with E-state index in [0.717, 1.165) is 16.7 Å². The number of aliphatic hydroxyl groups is 1. The van der Waals surface area contributed by atoms with E-state index in [1.165, 1.54) is 0 Å². The summed E-state index contributed by atoms with van der Waals surface area (Å²) in [5.74, 6) is -1.32. The molecular weight excluding hydrogens is 374 g/mol. The standard InChI is InChI=1S/C19H16N2O4.C2H7NO/c22-17-15(16(18(23)24)20-19(25)21-17)11-8-12-6-9-14(10-7-12)13-4-2-1-3-5-13;3-1-2-4/h1-7,9-10H,8,11H2,(H,23,24)(H2,20,21,22,25);4H,1-3H2. The number of carbonyl (C=O) groups is 1. The number of nitrogens with two attached hydrogens (primary N) is 1. The first-order valence-corrected chi connectivity index (χ1v) is 9.00. The Balaban J connectivity index is 0.000000687. The van der Waals surface area contributed by atoms with E-state index in [1.807, 2.05) is 54.6 Å². The Kier molecular flexibility index (Phi) is 8.08. The van der Waals surface area contributed by atoms with Gasteiger partial charge in [-0.25, -0.2) is 9.59 Å². The summed E-state index contributed by atoms with van der Waals surface area (Å²) in [6.45, 7) is 0.472. The lowest BCUT2D eigenvalue weighted by molar-refractivity contribution is 0.0688. The van der Waals surface area contributed by atoms with E-state index in [0.29, 0.717) is 13.0 Å². The van der Waals surface area contributed by atoms with Gasteiger partial charge in [-0.05, 0) is 29.5 Å². The zero-order valence-electron chi connectivity index (χ0n) is 15.7. The predicted molar refractivity (Wildman–Crippen MR) is 110 cm³/mol. The molecule has 0 saturated carbocycles. The molecule has 3 aromatic rings. The summed E-state index contributed by atoms with van der Waals surface area (Å²) in [4.78, 5) is 38.6. The molecular formula is C21H23N3O5. The molecule has 0 spiro atoms. The minimum atomic E-state index is -1.32. The first kappa shape index (κ1) is 21.8. The normalized spacial score (nSPS) is 10.1. The molecule has 0 aliphatic heterocycles. The topological polar surface area (TPSA) is 149 Å². The molecule has 0 aliphatic rings. The number of rotatable bonds is 6. The first-order valence-electron chi connectivity index (χ1n) is 9.00. The van der Waals surface area contributed by atoms with E-state index < -0.39 is 17.2 Å². The van der Waals surface area contributed by atoms with Crippen LogP contribution in [0.15, 0.2) is 64.2 Å². The number of carboxylic acid groups (broad SMARTS) is 1. The maximum absolute atomic E-state index is 11.9. The smallest absolute Gasteiger partial charge is 0.352 e. The van der Waals surface area contributed by atoms with Crippen LogP contribution in [0, 0.1) is 0 Å². The maximum atomic E-state index is 11.9. The number of hydrogen-bond acceptors (Lipinski definition) is 5. The molecule has 29 heavy (non-hydrogen) atoms. The molecule has 0 atom stereocenters. The van der Waals surface area contributed by atoms with Gasteiger partial charge in [0.15, 0.2) is 0 Å².